The monoisotopic (exact) mass is 359 g/mol. The summed E-state index contributed by atoms with van der Waals surface area (Å²) in [6.07, 6.45) is 0. The highest BCUT2D eigenvalue weighted by molar-refractivity contribution is 6.09. The van der Waals surface area contributed by atoms with Crippen molar-refractivity contribution in [3.63, 3.8) is 0 Å². The second-order valence-corrected chi connectivity index (χ2v) is 6.13. The highest BCUT2D eigenvalue weighted by Crippen LogP contribution is 2.27. The number of anilines is 2. The van der Waals surface area contributed by atoms with Crippen LogP contribution in [0.3, 0.4) is 0 Å². The number of carbonyl (C=O) groups is 2. The van der Waals surface area contributed by atoms with Gasteiger partial charge < -0.3 is 20.4 Å². The number of hydrogen-bond donors (Lipinski definition) is 3. The number of hydrogen-bond acceptors (Lipinski definition) is 3. The maximum Gasteiger partial charge on any atom is 0.323 e. The molecule has 6 nitrogen and oxygen atoms in total. The molecule has 2 amide bonds. The Morgan fingerprint density at radius 3 is 2.26 bits per heavy atom. The lowest BCUT2D eigenvalue weighted by Crippen LogP contribution is -2.19. The van der Waals surface area contributed by atoms with Gasteiger partial charge in [-0.25, -0.2) is 4.79 Å². The Balaban J connectivity index is 1.49. The summed E-state index contributed by atoms with van der Waals surface area (Å²) < 4.78 is 4.97. The molecule has 134 valence electrons. The van der Waals surface area contributed by atoms with E-state index in [1.165, 1.54) is 6.92 Å². The van der Waals surface area contributed by atoms with Gasteiger partial charge in [-0.3, -0.25) is 4.79 Å². The van der Waals surface area contributed by atoms with Crippen LogP contribution >= 0.6 is 0 Å². The number of urea groups is 1. The minimum absolute atomic E-state index is 0.352. The van der Waals surface area contributed by atoms with Crippen molar-refractivity contribution < 1.29 is 14.3 Å². The average molecular weight is 359 g/mol. The van der Waals surface area contributed by atoms with Crippen molar-refractivity contribution in [2.45, 2.75) is 6.92 Å². The summed E-state index contributed by atoms with van der Waals surface area (Å²) >= 11 is 0. The van der Waals surface area contributed by atoms with E-state index in [1.54, 1.807) is 24.3 Å². The summed E-state index contributed by atoms with van der Waals surface area (Å²) in [5, 5.41) is 7.75. The lowest BCUT2D eigenvalue weighted by Gasteiger charge is -2.08. The molecule has 4 aromatic rings. The van der Waals surface area contributed by atoms with E-state index in [0.29, 0.717) is 17.1 Å². The van der Waals surface area contributed by atoms with E-state index in [0.717, 1.165) is 21.8 Å². The molecule has 27 heavy (non-hydrogen) atoms. The third-order valence-electron chi connectivity index (χ3n) is 4.14. The molecule has 3 aromatic carbocycles. The zero-order valence-corrected chi connectivity index (χ0v) is 14.6. The van der Waals surface area contributed by atoms with Crippen LogP contribution in [-0.2, 0) is 4.79 Å². The lowest BCUT2D eigenvalue weighted by molar-refractivity contribution is -0.131. The van der Waals surface area contributed by atoms with Gasteiger partial charge >= 0.3 is 12.0 Å². The predicted octanol–water partition coefficient (Wildman–Crippen LogP) is 4.89. The summed E-state index contributed by atoms with van der Waals surface area (Å²) in [6.45, 7) is 1.34. The number of esters is 1. The fourth-order valence-corrected chi connectivity index (χ4v) is 2.99. The molecule has 0 radical (unpaired) electrons. The van der Waals surface area contributed by atoms with E-state index in [4.69, 9.17) is 4.74 Å². The Labute approximate surface area is 155 Å². The zero-order valence-electron chi connectivity index (χ0n) is 14.6. The number of amides is 2. The molecule has 0 bridgehead atoms. The van der Waals surface area contributed by atoms with E-state index in [2.05, 4.69) is 15.6 Å². The number of rotatable bonds is 3. The van der Waals surface area contributed by atoms with Crippen molar-refractivity contribution in [3.8, 4) is 5.75 Å². The number of aromatic nitrogens is 1. The van der Waals surface area contributed by atoms with Crippen LogP contribution in [0.1, 0.15) is 6.92 Å². The van der Waals surface area contributed by atoms with Crippen LogP contribution in [0.25, 0.3) is 21.8 Å². The molecule has 6 heteroatoms. The molecule has 0 aliphatic heterocycles. The van der Waals surface area contributed by atoms with Gasteiger partial charge in [-0.1, -0.05) is 18.2 Å². The smallest absolute Gasteiger partial charge is 0.323 e. The minimum atomic E-state index is -0.388. The molecule has 1 heterocycles. The lowest BCUT2D eigenvalue weighted by atomic mass is 10.1. The van der Waals surface area contributed by atoms with Crippen molar-refractivity contribution in [3.05, 3.63) is 66.7 Å². The standard InChI is InChI=1S/C21H17N3O3/c1-13(25)27-16-9-6-14(7-10-16)22-21(26)23-15-8-11-20-18(12-15)17-4-2-3-5-19(17)24-20/h2-12,24H,1H3,(H2,22,23,26). The largest absolute Gasteiger partial charge is 0.427 e. The van der Waals surface area contributed by atoms with E-state index in [9.17, 15) is 9.59 Å². The SMILES string of the molecule is CC(=O)Oc1ccc(NC(=O)Nc2ccc3[nH]c4ccccc4c3c2)cc1. The Morgan fingerprint density at radius 1 is 0.815 bits per heavy atom. The first-order valence-corrected chi connectivity index (χ1v) is 8.45. The Morgan fingerprint density at radius 2 is 1.48 bits per heavy atom. The van der Waals surface area contributed by atoms with E-state index in [-0.39, 0.29) is 12.0 Å². The Hall–Kier alpha value is -3.80. The van der Waals surface area contributed by atoms with Gasteiger partial charge in [0.15, 0.2) is 0 Å². The molecule has 3 N–H and O–H groups in total. The molecule has 4 rings (SSSR count). The number of benzene rings is 3. The van der Waals surface area contributed by atoms with E-state index < -0.39 is 0 Å². The van der Waals surface area contributed by atoms with Crippen LogP contribution in [0.5, 0.6) is 5.75 Å². The van der Waals surface area contributed by atoms with Gasteiger partial charge in [0.2, 0.25) is 0 Å². The summed E-state index contributed by atoms with van der Waals surface area (Å²) in [6, 6.07) is 20.0. The van der Waals surface area contributed by atoms with Crippen LogP contribution in [0.2, 0.25) is 0 Å². The first kappa shape index (κ1) is 16.7. The quantitative estimate of drug-likeness (QED) is 0.360. The van der Waals surface area contributed by atoms with Crippen molar-refractivity contribution >= 4 is 45.2 Å². The van der Waals surface area contributed by atoms with E-state index in [1.807, 2.05) is 42.5 Å². The highest BCUT2D eigenvalue weighted by atomic mass is 16.5. The maximum atomic E-state index is 12.3. The molecule has 0 saturated heterocycles. The van der Waals surface area contributed by atoms with Crippen molar-refractivity contribution in [2.75, 3.05) is 10.6 Å². The third-order valence-corrected chi connectivity index (χ3v) is 4.14. The van der Waals surface area contributed by atoms with Crippen LogP contribution in [-0.4, -0.2) is 17.0 Å². The summed E-state index contributed by atoms with van der Waals surface area (Å²) in [5.41, 5.74) is 3.36. The number of para-hydroxylation sites is 1. The molecule has 0 aliphatic rings. The number of fused-ring (bicyclic) bond motifs is 3. The van der Waals surface area contributed by atoms with Gasteiger partial charge in [0.1, 0.15) is 5.75 Å². The number of ether oxygens (including phenoxy) is 1. The molecular formula is C21H17N3O3. The molecule has 0 spiro atoms. The summed E-state index contributed by atoms with van der Waals surface area (Å²) in [5.74, 6) is 0.0411. The molecule has 0 unspecified atom stereocenters. The van der Waals surface area contributed by atoms with Crippen LogP contribution in [0, 0.1) is 0 Å². The Kier molecular flexibility index (Phi) is 4.22. The molecular weight excluding hydrogens is 342 g/mol. The molecule has 0 fully saturated rings. The van der Waals surface area contributed by atoms with Gasteiger partial charge in [0, 0.05) is 40.1 Å². The molecule has 0 aliphatic carbocycles. The second-order valence-electron chi connectivity index (χ2n) is 6.13. The van der Waals surface area contributed by atoms with Crippen LogP contribution < -0.4 is 15.4 Å². The first-order chi connectivity index (χ1) is 13.1. The Bertz CT molecular complexity index is 1150. The van der Waals surface area contributed by atoms with Gasteiger partial charge in [-0.2, -0.15) is 0 Å². The number of nitrogens with one attached hydrogen (secondary N) is 3. The summed E-state index contributed by atoms with van der Waals surface area (Å²) in [7, 11) is 0. The molecule has 0 saturated carbocycles. The van der Waals surface area contributed by atoms with Gasteiger partial charge in [-0.05, 0) is 48.5 Å². The van der Waals surface area contributed by atoms with Crippen molar-refractivity contribution in [1.29, 1.82) is 0 Å². The van der Waals surface area contributed by atoms with Crippen molar-refractivity contribution in [1.82, 2.24) is 4.98 Å². The van der Waals surface area contributed by atoms with E-state index >= 15 is 0 Å². The first-order valence-electron chi connectivity index (χ1n) is 8.45. The maximum absolute atomic E-state index is 12.3. The third kappa shape index (κ3) is 3.59. The molecule has 1 aromatic heterocycles. The van der Waals surface area contributed by atoms with Crippen LogP contribution in [0.15, 0.2) is 66.7 Å². The van der Waals surface area contributed by atoms with Gasteiger partial charge in [0.25, 0.3) is 0 Å². The predicted molar refractivity (Wildman–Crippen MR) is 106 cm³/mol. The highest BCUT2D eigenvalue weighted by Gasteiger charge is 2.07. The fourth-order valence-electron chi connectivity index (χ4n) is 2.99. The van der Waals surface area contributed by atoms with Gasteiger partial charge in [-0.15, -0.1) is 0 Å². The van der Waals surface area contributed by atoms with Crippen LogP contribution in [0.4, 0.5) is 16.2 Å². The van der Waals surface area contributed by atoms with Crippen molar-refractivity contribution in [2.24, 2.45) is 0 Å². The fraction of sp³-hybridized carbons (Fsp3) is 0.0476. The number of aromatic amines is 1. The normalized spacial score (nSPS) is 10.7. The number of H-pyrrole nitrogens is 1. The number of carbonyl (C=O) groups excluding carboxylic acids is 2. The average Bonchev–Trinajstić information content (AvgIpc) is 3.01. The minimum Gasteiger partial charge on any atom is -0.427 e. The zero-order chi connectivity index (χ0) is 18.8. The summed E-state index contributed by atoms with van der Waals surface area (Å²) in [4.78, 5) is 26.6. The second kappa shape index (κ2) is 6.84. The molecule has 0 atom stereocenters. The van der Waals surface area contributed by atoms with Gasteiger partial charge in [0.05, 0.1) is 0 Å². The topological polar surface area (TPSA) is 83.2 Å².